The fourth-order valence-electron chi connectivity index (χ4n) is 2.06. The Morgan fingerprint density at radius 2 is 2.00 bits per heavy atom. The number of ether oxygens (including phenoxy) is 1. The maximum atomic E-state index is 12.4. The first-order valence-corrected chi connectivity index (χ1v) is 6.70. The SMILES string of the molecule is COc1cccc(C(=O)N(C)CCc2ccncc2)c1N. The van der Waals surface area contributed by atoms with Gasteiger partial charge in [0.05, 0.1) is 18.4 Å². The van der Waals surface area contributed by atoms with Gasteiger partial charge in [0.25, 0.3) is 5.91 Å². The van der Waals surface area contributed by atoms with E-state index in [1.165, 1.54) is 7.11 Å². The summed E-state index contributed by atoms with van der Waals surface area (Å²) in [6, 6.07) is 9.10. The van der Waals surface area contributed by atoms with Gasteiger partial charge < -0.3 is 15.4 Å². The maximum absolute atomic E-state index is 12.4. The Hall–Kier alpha value is -2.56. The summed E-state index contributed by atoms with van der Waals surface area (Å²) in [6.45, 7) is 0.611. The molecule has 2 aromatic rings. The molecule has 110 valence electrons. The number of benzene rings is 1. The molecule has 2 N–H and O–H groups in total. The molecule has 5 heteroatoms. The molecule has 0 unspecified atom stereocenters. The van der Waals surface area contributed by atoms with Crippen molar-refractivity contribution in [1.82, 2.24) is 9.88 Å². The number of para-hydroxylation sites is 1. The number of rotatable bonds is 5. The van der Waals surface area contributed by atoms with Crippen molar-refractivity contribution in [1.29, 1.82) is 0 Å². The van der Waals surface area contributed by atoms with Gasteiger partial charge in [0.2, 0.25) is 0 Å². The van der Waals surface area contributed by atoms with Crippen molar-refractivity contribution < 1.29 is 9.53 Å². The normalized spacial score (nSPS) is 10.2. The van der Waals surface area contributed by atoms with Crippen LogP contribution in [0.4, 0.5) is 5.69 Å². The second-order valence-electron chi connectivity index (χ2n) is 4.75. The third-order valence-electron chi connectivity index (χ3n) is 3.35. The Bertz CT molecular complexity index is 614. The first-order chi connectivity index (χ1) is 10.1. The molecule has 0 radical (unpaired) electrons. The van der Waals surface area contributed by atoms with E-state index in [-0.39, 0.29) is 5.91 Å². The Morgan fingerprint density at radius 3 is 2.67 bits per heavy atom. The number of methoxy groups -OCH3 is 1. The standard InChI is InChI=1S/C16H19N3O2/c1-19(11-8-12-6-9-18-10-7-12)16(20)13-4-3-5-14(21-2)15(13)17/h3-7,9-10H,8,11,17H2,1-2H3. The highest BCUT2D eigenvalue weighted by molar-refractivity contribution is 6.00. The second-order valence-corrected chi connectivity index (χ2v) is 4.75. The van der Waals surface area contributed by atoms with Gasteiger partial charge in [-0.1, -0.05) is 6.07 Å². The molecule has 1 aromatic heterocycles. The van der Waals surface area contributed by atoms with Gasteiger partial charge in [0.1, 0.15) is 5.75 Å². The van der Waals surface area contributed by atoms with Crippen LogP contribution >= 0.6 is 0 Å². The molecule has 0 saturated carbocycles. The molecule has 0 aliphatic heterocycles. The highest BCUT2D eigenvalue weighted by Gasteiger charge is 2.16. The number of nitrogen functional groups attached to an aromatic ring is 1. The van der Waals surface area contributed by atoms with Gasteiger partial charge in [-0.3, -0.25) is 9.78 Å². The van der Waals surface area contributed by atoms with E-state index < -0.39 is 0 Å². The van der Waals surface area contributed by atoms with Crippen LogP contribution in [-0.4, -0.2) is 36.5 Å². The maximum Gasteiger partial charge on any atom is 0.255 e. The van der Waals surface area contributed by atoms with Crippen molar-refractivity contribution in [2.75, 3.05) is 26.4 Å². The number of nitrogens with two attached hydrogens (primary N) is 1. The minimum absolute atomic E-state index is 0.111. The fraction of sp³-hybridized carbons (Fsp3) is 0.250. The summed E-state index contributed by atoms with van der Waals surface area (Å²) in [7, 11) is 3.30. The number of carbonyl (C=O) groups excluding carboxylic acids is 1. The number of nitrogens with zero attached hydrogens (tertiary/aromatic N) is 2. The van der Waals surface area contributed by atoms with Gasteiger partial charge in [-0.25, -0.2) is 0 Å². The lowest BCUT2D eigenvalue weighted by atomic mass is 10.1. The Morgan fingerprint density at radius 1 is 1.29 bits per heavy atom. The molecular formula is C16H19N3O2. The number of hydrogen-bond donors (Lipinski definition) is 1. The largest absolute Gasteiger partial charge is 0.495 e. The quantitative estimate of drug-likeness (QED) is 0.853. The summed E-state index contributed by atoms with van der Waals surface area (Å²) in [5.41, 5.74) is 7.94. The summed E-state index contributed by atoms with van der Waals surface area (Å²) in [4.78, 5) is 18.1. The van der Waals surface area contributed by atoms with Crippen LogP contribution in [0, 0.1) is 0 Å². The number of carbonyl (C=O) groups is 1. The third-order valence-corrected chi connectivity index (χ3v) is 3.35. The molecule has 1 aromatic carbocycles. The van der Waals surface area contributed by atoms with E-state index in [0.29, 0.717) is 23.5 Å². The van der Waals surface area contributed by atoms with Crippen LogP contribution in [0.3, 0.4) is 0 Å². The summed E-state index contributed by atoms with van der Waals surface area (Å²) in [6.07, 6.45) is 4.27. The molecule has 0 fully saturated rings. The predicted molar refractivity (Wildman–Crippen MR) is 82.3 cm³/mol. The van der Waals surface area contributed by atoms with Crippen LogP contribution in [0.2, 0.25) is 0 Å². The Kier molecular flexibility index (Phi) is 4.77. The van der Waals surface area contributed by atoms with Gasteiger partial charge >= 0.3 is 0 Å². The van der Waals surface area contributed by atoms with Crippen LogP contribution in [0.1, 0.15) is 15.9 Å². The van der Waals surface area contributed by atoms with E-state index in [1.54, 1.807) is 42.5 Å². The molecule has 5 nitrogen and oxygen atoms in total. The number of likely N-dealkylation sites (N-methyl/N-ethyl adjacent to an activating group) is 1. The summed E-state index contributed by atoms with van der Waals surface area (Å²) in [5.74, 6) is 0.406. The van der Waals surface area contributed by atoms with E-state index >= 15 is 0 Å². The van der Waals surface area contributed by atoms with Gasteiger partial charge in [0.15, 0.2) is 0 Å². The van der Waals surface area contributed by atoms with Crippen molar-refractivity contribution in [3.8, 4) is 5.75 Å². The van der Waals surface area contributed by atoms with Crippen molar-refractivity contribution >= 4 is 11.6 Å². The molecule has 0 saturated heterocycles. The third kappa shape index (κ3) is 3.51. The zero-order valence-corrected chi connectivity index (χ0v) is 12.2. The van der Waals surface area contributed by atoms with Gasteiger partial charge in [-0.05, 0) is 36.2 Å². The molecular weight excluding hydrogens is 266 g/mol. The smallest absolute Gasteiger partial charge is 0.255 e. The highest BCUT2D eigenvalue weighted by Crippen LogP contribution is 2.25. The Labute approximate surface area is 124 Å². The molecule has 21 heavy (non-hydrogen) atoms. The highest BCUT2D eigenvalue weighted by atomic mass is 16.5. The predicted octanol–water partition coefficient (Wildman–Crippen LogP) is 1.99. The van der Waals surface area contributed by atoms with Gasteiger partial charge in [-0.2, -0.15) is 0 Å². The van der Waals surface area contributed by atoms with Crippen molar-refractivity contribution in [2.24, 2.45) is 0 Å². The number of aromatic nitrogens is 1. The first-order valence-electron chi connectivity index (χ1n) is 6.70. The van der Waals surface area contributed by atoms with Gasteiger partial charge in [-0.15, -0.1) is 0 Å². The molecule has 1 heterocycles. The summed E-state index contributed by atoms with van der Waals surface area (Å²) >= 11 is 0. The van der Waals surface area contributed by atoms with Crippen LogP contribution in [0.25, 0.3) is 0 Å². The zero-order chi connectivity index (χ0) is 15.2. The molecule has 2 rings (SSSR count). The van der Waals surface area contributed by atoms with E-state index in [1.807, 2.05) is 12.1 Å². The lowest BCUT2D eigenvalue weighted by Crippen LogP contribution is -2.29. The first kappa shape index (κ1) is 14.8. The van der Waals surface area contributed by atoms with Crippen LogP contribution in [-0.2, 0) is 6.42 Å². The number of anilines is 1. The van der Waals surface area contributed by atoms with E-state index in [4.69, 9.17) is 10.5 Å². The average Bonchev–Trinajstić information content (AvgIpc) is 2.53. The molecule has 0 atom stereocenters. The molecule has 0 aliphatic carbocycles. The minimum atomic E-state index is -0.111. The fourth-order valence-corrected chi connectivity index (χ4v) is 2.06. The number of pyridine rings is 1. The van der Waals surface area contributed by atoms with Crippen LogP contribution < -0.4 is 10.5 Å². The number of amides is 1. The molecule has 1 amide bonds. The lowest BCUT2D eigenvalue weighted by Gasteiger charge is -2.19. The van der Waals surface area contributed by atoms with E-state index in [0.717, 1.165) is 12.0 Å². The minimum Gasteiger partial charge on any atom is -0.495 e. The van der Waals surface area contributed by atoms with Crippen LogP contribution in [0.5, 0.6) is 5.75 Å². The topological polar surface area (TPSA) is 68.5 Å². The van der Waals surface area contributed by atoms with Crippen molar-refractivity contribution in [3.05, 3.63) is 53.9 Å². The summed E-state index contributed by atoms with van der Waals surface area (Å²) < 4.78 is 5.14. The Balaban J connectivity index is 2.06. The lowest BCUT2D eigenvalue weighted by molar-refractivity contribution is 0.0797. The monoisotopic (exact) mass is 285 g/mol. The van der Waals surface area contributed by atoms with E-state index in [9.17, 15) is 4.79 Å². The molecule has 0 bridgehead atoms. The summed E-state index contributed by atoms with van der Waals surface area (Å²) in [5, 5.41) is 0. The second kappa shape index (κ2) is 6.74. The number of hydrogen-bond acceptors (Lipinski definition) is 4. The molecule has 0 aliphatic rings. The van der Waals surface area contributed by atoms with Crippen LogP contribution in [0.15, 0.2) is 42.7 Å². The van der Waals surface area contributed by atoms with E-state index in [2.05, 4.69) is 4.98 Å². The van der Waals surface area contributed by atoms with Crippen molar-refractivity contribution in [3.63, 3.8) is 0 Å². The molecule has 0 spiro atoms. The average molecular weight is 285 g/mol. The van der Waals surface area contributed by atoms with Gasteiger partial charge in [0, 0.05) is 26.0 Å². The van der Waals surface area contributed by atoms with Crippen molar-refractivity contribution in [2.45, 2.75) is 6.42 Å². The zero-order valence-electron chi connectivity index (χ0n) is 12.2.